The Morgan fingerprint density at radius 2 is 1.70 bits per heavy atom. The van der Waals surface area contributed by atoms with Crippen LogP contribution in [0.5, 0.6) is 11.5 Å². The molecule has 2 rings (SSSR count). The molecule has 2 aromatic carbocycles. The Balaban J connectivity index is 0.000000291. The number of carbonyl (C=O) groups excluding carboxylic acids is 1. The van der Waals surface area contributed by atoms with Crippen LogP contribution < -0.4 is 0 Å². The van der Waals surface area contributed by atoms with Crippen LogP contribution in [-0.4, -0.2) is 21.6 Å². The van der Waals surface area contributed by atoms with Crippen molar-refractivity contribution < 1.29 is 32.5 Å². The van der Waals surface area contributed by atoms with Crippen LogP contribution in [0.2, 0.25) is 0 Å². The zero-order chi connectivity index (χ0) is 23.0. The largest absolute Gasteiger partial charge is 0.508 e. The van der Waals surface area contributed by atoms with Crippen LogP contribution in [0.4, 0.5) is 0 Å². The van der Waals surface area contributed by atoms with E-state index in [-0.39, 0.29) is 15.0 Å². The van der Waals surface area contributed by atoms with Crippen molar-refractivity contribution in [2.45, 2.75) is 6.56 Å². The number of aliphatic hydroxyl groups is 1. The number of benzene rings is 2. The molecule has 20 heavy (non-hydrogen) atoms. The van der Waals surface area contributed by atoms with Crippen molar-refractivity contribution in [3.05, 3.63) is 56.3 Å². The summed E-state index contributed by atoms with van der Waals surface area (Å²) in [6.45, 7) is -2.92. The van der Waals surface area contributed by atoms with Gasteiger partial charge in [-0.15, -0.1) is 0 Å². The predicted molar refractivity (Wildman–Crippen MR) is 82.9 cm³/mol. The third kappa shape index (κ3) is 4.96. The van der Waals surface area contributed by atoms with Gasteiger partial charge in [-0.05, 0) is 36.3 Å². The van der Waals surface area contributed by atoms with Crippen molar-refractivity contribution in [1.82, 2.24) is 0 Å². The Hall–Kier alpha value is -1.37. The van der Waals surface area contributed by atoms with E-state index in [1.807, 2.05) is 0 Å². The van der Waals surface area contributed by atoms with E-state index in [1.54, 1.807) is 0 Å². The Kier molecular flexibility index (Phi) is 3.05. The summed E-state index contributed by atoms with van der Waals surface area (Å²) < 4.78 is 64.4. The molecular formula is C14H12Br2O4. The van der Waals surface area contributed by atoms with E-state index in [9.17, 15) is 15.0 Å². The van der Waals surface area contributed by atoms with Crippen LogP contribution in [0, 0.1) is 0 Å². The number of carbonyl (C=O) groups is 1. The number of aromatic hydroxyl groups is 2. The second kappa shape index (κ2) is 8.04. The van der Waals surface area contributed by atoms with Crippen molar-refractivity contribution in [1.29, 1.82) is 0 Å². The molecule has 0 bridgehead atoms. The van der Waals surface area contributed by atoms with E-state index in [0.29, 0.717) is 0 Å². The van der Waals surface area contributed by atoms with E-state index in [0.717, 1.165) is 0 Å². The molecule has 0 unspecified atom stereocenters. The van der Waals surface area contributed by atoms with Gasteiger partial charge in [0.2, 0.25) is 0 Å². The van der Waals surface area contributed by atoms with Gasteiger partial charge in [-0.25, -0.2) is 0 Å². The highest BCUT2D eigenvalue weighted by Gasteiger charge is 1.98. The lowest BCUT2D eigenvalue weighted by molar-refractivity contribution is 0.112. The number of hydrogen-bond acceptors (Lipinski definition) is 4. The van der Waals surface area contributed by atoms with Gasteiger partial charge in [-0.3, -0.25) is 4.79 Å². The van der Waals surface area contributed by atoms with E-state index in [1.165, 1.54) is 0 Å². The third-order valence-corrected chi connectivity index (χ3v) is 2.53. The lowest BCUT2D eigenvalue weighted by Gasteiger charge is -1.99. The minimum absolute atomic E-state index is 0.0732. The van der Waals surface area contributed by atoms with E-state index in [4.69, 9.17) is 17.4 Å². The summed E-state index contributed by atoms with van der Waals surface area (Å²) in [4.78, 5) is 10.7. The summed E-state index contributed by atoms with van der Waals surface area (Å²) >= 11 is 5.67. The maximum Gasteiger partial charge on any atom is 0.153 e. The molecule has 0 aromatic heterocycles. The minimum Gasteiger partial charge on any atom is -0.508 e. The van der Waals surface area contributed by atoms with Crippen LogP contribution in [-0.2, 0) is 6.56 Å². The van der Waals surface area contributed by atoms with Crippen LogP contribution in [0.1, 0.15) is 28.3 Å². The number of halogens is 2. The third-order valence-electron chi connectivity index (χ3n) is 1.74. The van der Waals surface area contributed by atoms with Gasteiger partial charge in [0.05, 0.1) is 23.1 Å². The number of phenolic OH excluding ortho intramolecular Hbond substituents is 1. The summed E-state index contributed by atoms with van der Waals surface area (Å²) in [6.07, 6.45) is -1.25. The Morgan fingerprint density at radius 3 is 2.25 bits per heavy atom. The molecule has 3 N–H and O–H groups in total. The molecule has 0 spiro atoms. The van der Waals surface area contributed by atoms with Crippen LogP contribution in [0.25, 0.3) is 0 Å². The normalized spacial score (nSPS) is 16.6. The topological polar surface area (TPSA) is 77.8 Å². The second-order valence-corrected chi connectivity index (χ2v) is 4.63. The van der Waals surface area contributed by atoms with Crippen molar-refractivity contribution in [3.63, 3.8) is 0 Å². The molecule has 2 aromatic rings. The lowest BCUT2D eigenvalue weighted by Crippen LogP contribution is -1.82. The first-order valence-corrected chi connectivity index (χ1v) is 6.34. The van der Waals surface area contributed by atoms with Gasteiger partial charge in [0.15, 0.2) is 6.26 Å². The van der Waals surface area contributed by atoms with E-state index >= 15 is 0 Å². The van der Waals surface area contributed by atoms with Crippen LogP contribution >= 0.6 is 31.9 Å². The SMILES string of the molecule is [2H]C(=O)c1c([2H])c(Br)c([2H])c([2H])c1O.[2H]c1c([2H])c(Br)c([2H])c(C([2H])([2H])O)c1O. The van der Waals surface area contributed by atoms with Crippen LogP contribution in [0.3, 0.4) is 0 Å². The second-order valence-electron chi connectivity index (χ2n) is 3.04. The molecule has 6 heteroatoms. The summed E-state index contributed by atoms with van der Waals surface area (Å²) in [5.41, 5.74) is -1.27. The molecule has 0 aliphatic carbocycles. The highest BCUT2D eigenvalue weighted by molar-refractivity contribution is 9.10. The molecule has 0 saturated carbocycles. The Bertz CT molecular complexity index is 935. The van der Waals surface area contributed by atoms with Crippen molar-refractivity contribution in [2.75, 3.05) is 0 Å². The number of rotatable bonds is 2. The zero-order valence-corrected chi connectivity index (χ0v) is 12.7. The summed E-state index contributed by atoms with van der Waals surface area (Å²) in [7, 11) is 0. The molecule has 0 atom stereocenters. The Labute approximate surface area is 145 Å². The monoisotopic (exact) mass is 411 g/mol. The quantitative estimate of drug-likeness (QED) is 0.658. The molecular weight excluding hydrogens is 392 g/mol. The van der Waals surface area contributed by atoms with Gasteiger partial charge in [-0.1, -0.05) is 31.9 Å². The molecule has 0 saturated heterocycles. The maximum atomic E-state index is 10.7. The minimum atomic E-state index is -2.92. The lowest BCUT2D eigenvalue weighted by atomic mass is 10.2. The molecule has 0 heterocycles. The first-order chi connectivity index (χ1) is 13.1. The van der Waals surface area contributed by atoms with E-state index < -0.39 is 65.7 Å². The highest BCUT2D eigenvalue weighted by atomic mass is 79.9. The summed E-state index contributed by atoms with van der Waals surface area (Å²) in [6, 6.07) is -2.98. The fourth-order valence-corrected chi connectivity index (χ4v) is 1.50. The predicted octanol–water partition coefficient (Wildman–Crippen LogP) is 3.61. The van der Waals surface area contributed by atoms with Crippen LogP contribution in [0.15, 0.2) is 45.2 Å². The molecule has 4 nitrogen and oxygen atoms in total. The molecule has 0 radical (unpaired) electrons. The number of phenols is 2. The van der Waals surface area contributed by atoms with Gasteiger partial charge < -0.3 is 15.3 Å². The average molecular weight is 413 g/mol. The smallest absolute Gasteiger partial charge is 0.153 e. The fourth-order valence-electron chi connectivity index (χ4n) is 0.908. The van der Waals surface area contributed by atoms with Crippen molar-refractivity contribution >= 4 is 38.1 Å². The van der Waals surface area contributed by atoms with Gasteiger partial charge in [-0.2, -0.15) is 0 Å². The number of hydrogen-bond donors (Lipinski definition) is 3. The molecule has 106 valence electrons. The fraction of sp³-hybridized carbons (Fsp3) is 0.0714. The van der Waals surface area contributed by atoms with Gasteiger partial charge in [0, 0.05) is 14.5 Å². The Morgan fingerprint density at radius 1 is 1.15 bits per heavy atom. The number of aldehydes is 1. The standard InChI is InChI=1S/C7H7BrO2.C7H5BrO2/c2*8-6-1-2-7(10)5(3-6)4-9/h1-3,9-10H,4H2;1-4,10H/i1D,2D,3D,4D2;1D,2D,3D,4D. The molecule has 0 aliphatic heterocycles. The maximum absolute atomic E-state index is 10.7. The van der Waals surface area contributed by atoms with Gasteiger partial charge >= 0.3 is 0 Å². The van der Waals surface area contributed by atoms with Crippen molar-refractivity contribution in [3.8, 4) is 11.5 Å². The summed E-state index contributed by atoms with van der Waals surface area (Å²) in [5, 5.41) is 27.7. The van der Waals surface area contributed by atoms with E-state index in [2.05, 4.69) is 31.9 Å². The van der Waals surface area contributed by atoms with Gasteiger partial charge in [0.1, 0.15) is 12.9 Å². The summed E-state index contributed by atoms with van der Waals surface area (Å²) in [5.74, 6) is -1.68. The first kappa shape index (κ1) is 7.59. The van der Waals surface area contributed by atoms with Crippen molar-refractivity contribution in [2.24, 2.45) is 0 Å². The first-order valence-electron chi connectivity index (χ1n) is 9.25. The highest BCUT2D eigenvalue weighted by Crippen LogP contribution is 2.21. The average Bonchev–Trinajstić information content (AvgIpc) is 2.61. The molecule has 0 fully saturated rings. The van der Waals surface area contributed by atoms with Gasteiger partial charge in [0.25, 0.3) is 0 Å². The molecule has 0 aliphatic rings. The molecule has 0 amide bonds. The zero-order valence-electron chi connectivity index (χ0n) is 18.5.